The second kappa shape index (κ2) is 4.89. The zero-order valence-corrected chi connectivity index (χ0v) is 10.9. The Bertz CT molecular complexity index is 598. The molecule has 6 heteroatoms. The molecule has 3 heterocycles. The number of carbonyl (C=O) groups excluding carboxylic acids is 1. The Morgan fingerprint density at radius 1 is 1.58 bits per heavy atom. The summed E-state index contributed by atoms with van der Waals surface area (Å²) >= 11 is 0. The fourth-order valence-corrected chi connectivity index (χ4v) is 2.36. The second-order valence-corrected chi connectivity index (χ2v) is 4.68. The highest BCUT2D eigenvalue weighted by molar-refractivity contribution is 5.92. The molecule has 0 saturated heterocycles. The van der Waals surface area contributed by atoms with E-state index in [-0.39, 0.29) is 5.91 Å². The minimum Gasteiger partial charge on any atom is -0.347 e. The fourth-order valence-electron chi connectivity index (χ4n) is 2.36. The van der Waals surface area contributed by atoms with E-state index in [1.54, 1.807) is 0 Å². The van der Waals surface area contributed by atoms with Gasteiger partial charge in [0.15, 0.2) is 0 Å². The van der Waals surface area contributed by atoms with Crippen LogP contribution in [0.5, 0.6) is 0 Å². The van der Waals surface area contributed by atoms with Crippen molar-refractivity contribution in [3.05, 3.63) is 41.7 Å². The Morgan fingerprint density at radius 3 is 3.26 bits per heavy atom. The monoisotopic (exact) mass is 259 g/mol. The van der Waals surface area contributed by atoms with E-state index in [9.17, 15) is 4.79 Å². The number of hydrogen-bond donors (Lipinski definition) is 2. The first-order chi connectivity index (χ1) is 9.25. The summed E-state index contributed by atoms with van der Waals surface area (Å²) in [5.41, 5.74) is 1.72. The number of fused-ring (bicyclic) bond motifs is 1. The highest BCUT2D eigenvalue weighted by Gasteiger charge is 2.14. The molecular weight excluding hydrogens is 242 g/mol. The fraction of sp³-hybridized carbons (Fsp3) is 0.385. The van der Waals surface area contributed by atoms with Crippen LogP contribution in [0.1, 0.15) is 22.0 Å². The molecule has 19 heavy (non-hydrogen) atoms. The maximum absolute atomic E-state index is 12.0. The van der Waals surface area contributed by atoms with Crippen molar-refractivity contribution in [2.75, 3.05) is 6.54 Å². The summed E-state index contributed by atoms with van der Waals surface area (Å²) in [4.78, 5) is 16.4. The third-order valence-electron chi connectivity index (χ3n) is 3.42. The normalized spacial score (nSPS) is 14.2. The Labute approximate surface area is 111 Å². The van der Waals surface area contributed by atoms with Crippen LogP contribution in [0.2, 0.25) is 0 Å². The first-order valence-corrected chi connectivity index (χ1v) is 6.39. The predicted octanol–water partition coefficient (Wildman–Crippen LogP) is 0.255. The third kappa shape index (κ3) is 2.26. The van der Waals surface area contributed by atoms with Crippen LogP contribution in [0, 0.1) is 0 Å². The molecule has 0 saturated carbocycles. The summed E-state index contributed by atoms with van der Waals surface area (Å²) in [5.74, 6) is 0.978. The molecule has 6 nitrogen and oxygen atoms in total. The van der Waals surface area contributed by atoms with Crippen LogP contribution in [0.4, 0.5) is 0 Å². The van der Waals surface area contributed by atoms with Gasteiger partial charge < -0.3 is 19.8 Å². The van der Waals surface area contributed by atoms with Crippen LogP contribution >= 0.6 is 0 Å². The second-order valence-electron chi connectivity index (χ2n) is 4.68. The van der Waals surface area contributed by atoms with Crippen LogP contribution < -0.4 is 10.6 Å². The van der Waals surface area contributed by atoms with E-state index in [2.05, 4.69) is 20.2 Å². The average molecular weight is 259 g/mol. The smallest absolute Gasteiger partial charge is 0.268 e. The molecule has 0 aromatic carbocycles. The number of carbonyl (C=O) groups is 1. The van der Waals surface area contributed by atoms with Gasteiger partial charge in [-0.05, 0) is 12.1 Å². The third-order valence-corrected chi connectivity index (χ3v) is 3.42. The van der Waals surface area contributed by atoms with E-state index in [1.807, 2.05) is 36.1 Å². The molecule has 100 valence electrons. The van der Waals surface area contributed by atoms with Gasteiger partial charge >= 0.3 is 0 Å². The molecule has 1 aliphatic heterocycles. The quantitative estimate of drug-likeness (QED) is 0.831. The molecule has 2 aromatic heterocycles. The largest absolute Gasteiger partial charge is 0.347 e. The van der Waals surface area contributed by atoms with E-state index < -0.39 is 0 Å². The maximum atomic E-state index is 12.0. The van der Waals surface area contributed by atoms with Crippen LogP contribution in [-0.4, -0.2) is 26.6 Å². The average Bonchev–Trinajstić information content (AvgIpc) is 3.02. The molecule has 0 unspecified atom stereocenters. The topological polar surface area (TPSA) is 63.9 Å². The van der Waals surface area contributed by atoms with Gasteiger partial charge in [0.05, 0.1) is 25.0 Å². The van der Waals surface area contributed by atoms with Crippen LogP contribution in [-0.2, 0) is 26.7 Å². The summed E-state index contributed by atoms with van der Waals surface area (Å²) in [6.07, 6.45) is 3.70. The Morgan fingerprint density at radius 2 is 2.47 bits per heavy atom. The zero-order valence-electron chi connectivity index (χ0n) is 10.9. The van der Waals surface area contributed by atoms with E-state index in [1.165, 1.54) is 0 Å². The minimum absolute atomic E-state index is 0.0583. The lowest BCUT2D eigenvalue weighted by molar-refractivity contribution is 0.0942. The standard InChI is InChI=1S/C13H17N5O/c1-17-5-2-3-11(17)13(19)16-8-10-7-15-12-9-14-4-6-18(10)12/h2-3,5,7,14H,4,6,8-9H2,1H3,(H,16,19). The minimum atomic E-state index is -0.0583. The predicted molar refractivity (Wildman–Crippen MR) is 70.5 cm³/mol. The number of imidazole rings is 1. The summed E-state index contributed by atoms with van der Waals surface area (Å²) in [6.45, 7) is 3.16. The van der Waals surface area contributed by atoms with Gasteiger partial charge in [-0.25, -0.2) is 4.98 Å². The van der Waals surface area contributed by atoms with Crippen LogP contribution in [0.25, 0.3) is 0 Å². The van der Waals surface area contributed by atoms with Crippen molar-refractivity contribution < 1.29 is 4.79 Å². The molecule has 0 atom stereocenters. The van der Waals surface area contributed by atoms with Gasteiger partial charge in [0.1, 0.15) is 11.5 Å². The van der Waals surface area contributed by atoms with Crippen molar-refractivity contribution in [1.82, 2.24) is 24.8 Å². The van der Waals surface area contributed by atoms with Crippen LogP contribution in [0.15, 0.2) is 24.5 Å². The first kappa shape index (κ1) is 12.0. The van der Waals surface area contributed by atoms with Crippen LogP contribution in [0.3, 0.4) is 0 Å². The summed E-state index contributed by atoms with van der Waals surface area (Å²) in [5, 5.41) is 6.21. The van der Waals surface area contributed by atoms with Crippen molar-refractivity contribution in [1.29, 1.82) is 0 Å². The SMILES string of the molecule is Cn1cccc1C(=O)NCc1cnc2n1CCNC2. The van der Waals surface area contributed by atoms with E-state index in [0.29, 0.717) is 12.2 Å². The molecule has 1 amide bonds. The lowest BCUT2D eigenvalue weighted by Crippen LogP contribution is -2.31. The van der Waals surface area contributed by atoms with E-state index in [4.69, 9.17) is 0 Å². The number of aryl methyl sites for hydroxylation is 1. The highest BCUT2D eigenvalue weighted by atomic mass is 16.1. The van der Waals surface area contributed by atoms with E-state index in [0.717, 1.165) is 31.2 Å². The Hall–Kier alpha value is -2.08. The van der Waals surface area contributed by atoms with Gasteiger partial charge in [0, 0.05) is 26.3 Å². The molecule has 2 aromatic rings. The molecule has 0 spiro atoms. The number of nitrogens with one attached hydrogen (secondary N) is 2. The summed E-state index contributed by atoms with van der Waals surface area (Å²) < 4.78 is 3.98. The number of aromatic nitrogens is 3. The van der Waals surface area contributed by atoms with Gasteiger partial charge in [-0.2, -0.15) is 0 Å². The number of rotatable bonds is 3. The molecule has 3 rings (SSSR count). The number of amides is 1. The molecule has 0 fully saturated rings. The van der Waals surface area contributed by atoms with Gasteiger partial charge in [-0.1, -0.05) is 0 Å². The molecule has 1 aliphatic rings. The Kier molecular flexibility index (Phi) is 3.08. The molecule has 2 N–H and O–H groups in total. The van der Waals surface area contributed by atoms with Crippen molar-refractivity contribution in [3.8, 4) is 0 Å². The van der Waals surface area contributed by atoms with E-state index >= 15 is 0 Å². The molecule has 0 radical (unpaired) electrons. The van der Waals surface area contributed by atoms with Gasteiger partial charge in [-0.3, -0.25) is 4.79 Å². The van der Waals surface area contributed by atoms with Crippen molar-refractivity contribution in [2.24, 2.45) is 7.05 Å². The van der Waals surface area contributed by atoms with Crippen molar-refractivity contribution >= 4 is 5.91 Å². The molecular formula is C13H17N5O. The number of nitrogens with zero attached hydrogens (tertiary/aromatic N) is 3. The lowest BCUT2D eigenvalue weighted by Gasteiger charge is -2.17. The van der Waals surface area contributed by atoms with Gasteiger partial charge in [0.2, 0.25) is 0 Å². The van der Waals surface area contributed by atoms with Gasteiger partial charge in [-0.15, -0.1) is 0 Å². The highest BCUT2D eigenvalue weighted by Crippen LogP contribution is 2.09. The van der Waals surface area contributed by atoms with Crippen molar-refractivity contribution in [2.45, 2.75) is 19.6 Å². The maximum Gasteiger partial charge on any atom is 0.268 e. The first-order valence-electron chi connectivity index (χ1n) is 6.39. The van der Waals surface area contributed by atoms with Gasteiger partial charge in [0.25, 0.3) is 5.91 Å². The lowest BCUT2D eigenvalue weighted by atomic mass is 10.3. The Balaban J connectivity index is 1.68. The summed E-state index contributed by atoms with van der Waals surface area (Å²) in [6, 6.07) is 3.67. The van der Waals surface area contributed by atoms with Crippen molar-refractivity contribution in [3.63, 3.8) is 0 Å². The zero-order chi connectivity index (χ0) is 13.2. The number of hydrogen-bond acceptors (Lipinski definition) is 3. The molecule has 0 aliphatic carbocycles. The summed E-state index contributed by atoms with van der Waals surface area (Å²) in [7, 11) is 1.86. The molecule has 0 bridgehead atoms.